The van der Waals surface area contributed by atoms with Crippen LogP contribution in [0.25, 0.3) is 0 Å². The topological polar surface area (TPSA) is 37.8 Å². The summed E-state index contributed by atoms with van der Waals surface area (Å²) in [7, 11) is 1.88. The van der Waals surface area contributed by atoms with Gasteiger partial charge in [-0.1, -0.05) is 17.7 Å². The van der Waals surface area contributed by atoms with Gasteiger partial charge in [-0.2, -0.15) is 0 Å². The van der Waals surface area contributed by atoms with E-state index in [1.165, 1.54) is 0 Å². The second-order valence-corrected chi connectivity index (χ2v) is 4.79. The van der Waals surface area contributed by atoms with Crippen LogP contribution in [0.1, 0.15) is 17.3 Å². The monoisotopic (exact) mass is 311 g/mol. The molecule has 0 bridgehead atoms. The van der Waals surface area contributed by atoms with E-state index in [-0.39, 0.29) is 6.04 Å². The van der Waals surface area contributed by atoms with Crippen molar-refractivity contribution in [3.63, 3.8) is 0 Å². The van der Waals surface area contributed by atoms with Gasteiger partial charge in [-0.05, 0) is 40.7 Å². The van der Waals surface area contributed by atoms with E-state index in [2.05, 4.69) is 31.2 Å². The largest absolute Gasteiger partial charge is 0.308 e. The average molecular weight is 313 g/mol. The predicted molar refractivity (Wildman–Crippen MR) is 72.1 cm³/mol. The van der Waals surface area contributed by atoms with Gasteiger partial charge in [0.1, 0.15) is 0 Å². The van der Waals surface area contributed by atoms with Crippen molar-refractivity contribution >= 4 is 27.5 Å². The molecule has 2 rings (SSSR count). The van der Waals surface area contributed by atoms with Crippen molar-refractivity contribution in [3.05, 3.63) is 57.5 Å². The number of aromatic nitrogens is 2. The maximum atomic E-state index is 6.09. The molecule has 0 aliphatic heterocycles. The lowest BCUT2D eigenvalue weighted by atomic mass is 10.0. The van der Waals surface area contributed by atoms with Crippen LogP contribution in [0.4, 0.5) is 0 Å². The Kier molecular flexibility index (Phi) is 4.10. The van der Waals surface area contributed by atoms with Gasteiger partial charge in [-0.25, -0.2) is 0 Å². The highest BCUT2D eigenvalue weighted by Gasteiger charge is 2.14. The molecule has 5 heteroatoms. The van der Waals surface area contributed by atoms with Crippen LogP contribution in [-0.4, -0.2) is 17.0 Å². The highest BCUT2D eigenvalue weighted by molar-refractivity contribution is 9.10. The maximum absolute atomic E-state index is 6.09. The maximum Gasteiger partial charge on any atom is 0.0801 e. The molecule has 0 saturated carbocycles. The van der Waals surface area contributed by atoms with Crippen LogP contribution in [-0.2, 0) is 0 Å². The van der Waals surface area contributed by atoms with Crippen LogP contribution in [0.5, 0.6) is 0 Å². The minimum atomic E-state index is -0.00528. The first-order valence-corrected chi connectivity index (χ1v) is 6.27. The molecule has 1 unspecified atom stereocenters. The van der Waals surface area contributed by atoms with Crippen molar-refractivity contribution in [1.29, 1.82) is 0 Å². The van der Waals surface area contributed by atoms with Gasteiger partial charge in [0.05, 0.1) is 23.0 Å². The van der Waals surface area contributed by atoms with Gasteiger partial charge < -0.3 is 5.32 Å². The molecule has 2 aromatic rings. The van der Waals surface area contributed by atoms with E-state index in [4.69, 9.17) is 11.6 Å². The Hall–Kier alpha value is -0.970. The van der Waals surface area contributed by atoms with Crippen molar-refractivity contribution in [3.8, 4) is 0 Å². The quantitative estimate of drug-likeness (QED) is 0.946. The molecule has 0 aliphatic carbocycles. The minimum Gasteiger partial charge on any atom is -0.308 e. The molecule has 88 valence electrons. The molecule has 1 aromatic carbocycles. The summed E-state index contributed by atoms with van der Waals surface area (Å²) in [6, 6.07) is 5.85. The Morgan fingerprint density at radius 2 is 2.18 bits per heavy atom. The number of benzene rings is 1. The zero-order valence-electron chi connectivity index (χ0n) is 9.19. The molecule has 0 amide bonds. The molecule has 0 spiro atoms. The fourth-order valence-corrected chi connectivity index (χ4v) is 2.07. The molecule has 17 heavy (non-hydrogen) atoms. The third-order valence-electron chi connectivity index (χ3n) is 2.44. The Labute approximate surface area is 113 Å². The fourth-order valence-electron chi connectivity index (χ4n) is 1.64. The van der Waals surface area contributed by atoms with Gasteiger partial charge in [-0.15, -0.1) is 0 Å². The van der Waals surface area contributed by atoms with E-state index in [9.17, 15) is 0 Å². The molecule has 1 atom stereocenters. The number of nitrogens with one attached hydrogen (secondary N) is 1. The Morgan fingerprint density at radius 3 is 2.76 bits per heavy atom. The molecule has 3 nitrogen and oxygen atoms in total. The normalized spacial score (nSPS) is 12.4. The van der Waals surface area contributed by atoms with Crippen molar-refractivity contribution in [2.24, 2.45) is 0 Å². The van der Waals surface area contributed by atoms with Crippen LogP contribution < -0.4 is 5.32 Å². The first kappa shape index (κ1) is 12.5. The summed E-state index contributed by atoms with van der Waals surface area (Å²) in [6.45, 7) is 0. The number of rotatable bonds is 3. The van der Waals surface area contributed by atoms with Crippen LogP contribution in [0.3, 0.4) is 0 Å². The second kappa shape index (κ2) is 5.58. The third-order valence-corrected chi connectivity index (χ3v) is 3.68. The summed E-state index contributed by atoms with van der Waals surface area (Å²) < 4.78 is 0.886. The Balaban J connectivity index is 2.39. The van der Waals surface area contributed by atoms with Gasteiger partial charge in [-0.3, -0.25) is 9.97 Å². The summed E-state index contributed by atoms with van der Waals surface area (Å²) in [5, 5.41) is 3.89. The van der Waals surface area contributed by atoms with Crippen LogP contribution >= 0.6 is 27.5 Å². The van der Waals surface area contributed by atoms with Crippen LogP contribution in [0.2, 0.25) is 5.02 Å². The second-order valence-electron chi connectivity index (χ2n) is 3.53. The SMILES string of the molecule is CNC(c1ccc(Br)c(Cl)c1)c1cnccn1. The van der Waals surface area contributed by atoms with E-state index in [0.29, 0.717) is 5.02 Å². The van der Waals surface area contributed by atoms with Crippen molar-refractivity contribution in [2.75, 3.05) is 7.05 Å². The molecular formula is C12H11BrClN3. The Morgan fingerprint density at radius 1 is 1.35 bits per heavy atom. The van der Waals surface area contributed by atoms with E-state index in [0.717, 1.165) is 15.7 Å². The van der Waals surface area contributed by atoms with E-state index in [1.807, 2.05) is 25.2 Å². The minimum absolute atomic E-state index is 0.00528. The molecule has 0 fully saturated rings. The van der Waals surface area contributed by atoms with E-state index < -0.39 is 0 Å². The number of halogens is 2. The van der Waals surface area contributed by atoms with Crippen LogP contribution in [0.15, 0.2) is 41.3 Å². The van der Waals surface area contributed by atoms with Crippen molar-refractivity contribution in [1.82, 2.24) is 15.3 Å². The fraction of sp³-hybridized carbons (Fsp3) is 0.167. The van der Waals surface area contributed by atoms with E-state index in [1.54, 1.807) is 18.6 Å². The number of hydrogen-bond donors (Lipinski definition) is 1. The summed E-state index contributed by atoms with van der Waals surface area (Å²) in [4.78, 5) is 8.37. The van der Waals surface area contributed by atoms with Crippen molar-refractivity contribution < 1.29 is 0 Å². The summed E-state index contributed by atoms with van der Waals surface area (Å²) in [5.74, 6) is 0. The van der Waals surface area contributed by atoms with Gasteiger partial charge >= 0.3 is 0 Å². The molecule has 0 aliphatic rings. The third kappa shape index (κ3) is 2.83. The molecule has 1 N–H and O–H groups in total. The first-order chi connectivity index (χ1) is 8.22. The van der Waals surface area contributed by atoms with Gasteiger partial charge in [0, 0.05) is 16.9 Å². The lowest BCUT2D eigenvalue weighted by molar-refractivity contribution is 0.667. The summed E-state index contributed by atoms with van der Waals surface area (Å²) in [5.41, 5.74) is 1.93. The van der Waals surface area contributed by atoms with Crippen LogP contribution in [0, 0.1) is 0 Å². The van der Waals surface area contributed by atoms with Gasteiger partial charge in [0.15, 0.2) is 0 Å². The average Bonchev–Trinajstić information content (AvgIpc) is 2.36. The first-order valence-electron chi connectivity index (χ1n) is 5.10. The number of hydrogen-bond acceptors (Lipinski definition) is 3. The number of nitrogens with zero attached hydrogens (tertiary/aromatic N) is 2. The molecular weight excluding hydrogens is 302 g/mol. The highest BCUT2D eigenvalue weighted by atomic mass is 79.9. The molecule has 1 aromatic heterocycles. The zero-order valence-corrected chi connectivity index (χ0v) is 11.5. The Bertz CT molecular complexity index is 504. The van der Waals surface area contributed by atoms with Gasteiger partial charge in [0.25, 0.3) is 0 Å². The standard InChI is InChI=1S/C12H11BrClN3/c1-15-12(11-7-16-4-5-17-11)8-2-3-9(13)10(14)6-8/h2-7,12,15H,1H3. The smallest absolute Gasteiger partial charge is 0.0801 e. The lowest BCUT2D eigenvalue weighted by Gasteiger charge is -2.16. The van der Waals surface area contributed by atoms with Crippen molar-refractivity contribution in [2.45, 2.75) is 6.04 Å². The summed E-state index contributed by atoms with van der Waals surface area (Å²) >= 11 is 9.47. The summed E-state index contributed by atoms with van der Waals surface area (Å²) in [6.07, 6.45) is 5.09. The molecule has 1 heterocycles. The highest BCUT2D eigenvalue weighted by Crippen LogP contribution is 2.27. The molecule has 0 radical (unpaired) electrons. The lowest BCUT2D eigenvalue weighted by Crippen LogP contribution is -2.19. The van der Waals surface area contributed by atoms with Gasteiger partial charge in [0.2, 0.25) is 0 Å². The van der Waals surface area contributed by atoms with E-state index >= 15 is 0 Å². The molecule has 0 saturated heterocycles. The predicted octanol–water partition coefficient (Wildman–Crippen LogP) is 3.20. The zero-order chi connectivity index (χ0) is 12.3.